The molecule has 132 valence electrons. The van der Waals surface area contributed by atoms with Crippen LogP contribution in [0.4, 0.5) is 0 Å². The van der Waals surface area contributed by atoms with Crippen molar-refractivity contribution in [2.24, 2.45) is 5.73 Å². The van der Waals surface area contributed by atoms with Gasteiger partial charge in [0.05, 0.1) is 11.6 Å². The van der Waals surface area contributed by atoms with Crippen LogP contribution in [0.25, 0.3) is 0 Å². The van der Waals surface area contributed by atoms with Gasteiger partial charge in [-0.1, -0.05) is 30.3 Å². The SMILES string of the molecule is COc1ccc(C(=O)N(CCC(N)=O)CCc2ccccc2)cc1Br. The number of hydrogen-bond donors (Lipinski definition) is 1. The Morgan fingerprint density at radius 1 is 1.12 bits per heavy atom. The molecule has 5 nitrogen and oxygen atoms in total. The van der Waals surface area contributed by atoms with Crippen LogP contribution < -0.4 is 10.5 Å². The maximum absolute atomic E-state index is 12.8. The number of hydrogen-bond acceptors (Lipinski definition) is 3. The summed E-state index contributed by atoms with van der Waals surface area (Å²) in [5.74, 6) is 0.0958. The van der Waals surface area contributed by atoms with Crippen LogP contribution in [0.5, 0.6) is 5.75 Å². The summed E-state index contributed by atoms with van der Waals surface area (Å²) in [6.45, 7) is 0.810. The molecule has 0 bridgehead atoms. The molecule has 2 aromatic rings. The predicted octanol–water partition coefficient (Wildman–Crippen LogP) is 3.02. The molecule has 0 saturated heterocycles. The third kappa shape index (κ3) is 5.60. The van der Waals surface area contributed by atoms with Gasteiger partial charge in [-0.3, -0.25) is 9.59 Å². The molecule has 0 unspecified atom stereocenters. The smallest absolute Gasteiger partial charge is 0.253 e. The highest BCUT2D eigenvalue weighted by Crippen LogP contribution is 2.26. The first-order valence-electron chi connectivity index (χ1n) is 7.96. The van der Waals surface area contributed by atoms with Crippen molar-refractivity contribution < 1.29 is 14.3 Å². The summed E-state index contributed by atoms with van der Waals surface area (Å²) >= 11 is 3.39. The second kappa shape index (κ2) is 9.22. The Morgan fingerprint density at radius 2 is 1.84 bits per heavy atom. The highest BCUT2D eigenvalue weighted by molar-refractivity contribution is 9.10. The van der Waals surface area contributed by atoms with Crippen molar-refractivity contribution in [3.63, 3.8) is 0 Å². The fourth-order valence-corrected chi connectivity index (χ4v) is 2.99. The molecule has 25 heavy (non-hydrogen) atoms. The minimum absolute atomic E-state index is 0.137. The Hall–Kier alpha value is -2.34. The van der Waals surface area contributed by atoms with E-state index in [-0.39, 0.29) is 12.3 Å². The second-order valence-electron chi connectivity index (χ2n) is 5.59. The van der Waals surface area contributed by atoms with E-state index in [0.717, 1.165) is 5.56 Å². The van der Waals surface area contributed by atoms with Crippen LogP contribution in [-0.4, -0.2) is 36.9 Å². The summed E-state index contributed by atoms with van der Waals surface area (Å²) in [6, 6.07) is 15.1. The van der Waals surface area contributed by atoms with Crippen molar-refractivity contribution >= 4 is 27.7 Å². The molecule has 0 atom stereocenters. The van der Waals surface area contributed by atoms with Gasteiger partial charge in [0.15, 0.2) is 0 Å². The molecule has 0 aliphatic rings. The molecule has 0 spiro atoms. The quantitative estimate of drug-likeness (QED) is 0.734. The van der Waals surface area contributed by atoms with Gasteiger partial charge in [-0.05, 0) is 46.1 Å². The van der Waals surface area contributed by atoms with E-state index >= 15 is 0 Å². The largest absolute Gasteiger partial charge is 0.496 e. The minimum atomic E-state index is -0.423. The van der Waals surface area contributed by atoms with Crippen LogP contribution in [0, 0.1) is 0 Å². The van der Waals surface area contributed by atoms with Crippen molar-refractivity contribution in [1.82, 2.24) is 4.90 Å². The Bertz CT molecular complexity index is 735. The summed E-state index contributed by atoms with van der Waals surface area (Å²) in [4.78, 5) is 25.6. The van der Waals surface area contributed by atoms with Crippen molar-refractivity contribution in [1.29, 1.82) is 0 Å². The van der Waals surface area contributed by atoms with Gasteiger partial charge in [-0.15, -0.1) is 0 Å². The number of ether oxygens (including phenoxy) is 1. The van der Waals surface area contributed by atoms with E-state index in [1.54, 1.807) is 30.2 Å². The Morgan fingerprint density at radius 3 is 2.44 bits per heavy atom. The summed E-state index contributed by atoms with van der Waals surface area (Å²) in [6.07, 6.45) is 0.848. The number of carbonyl (C=O) groups excluding carboxylic acids is 2. The molecule has 0 aromatic heterocycles. The first kappa shape index (κ1) is 19.0. The number of carbonyl (C=O) groups is 2. The lowest BCUT2D eigenvalue weighted by Crippen LogP contribution is -2.35. The van der Waals surface area contributed by atoms with Gasteiger partial charge in [0.25, 0.3) is 5.91 Å². The molecule has 2 N–H and O–H groups in total. The number of rotatable bonds is 8. The van der Waals surface area contributed by atoms with Gasteiger partial charge < -0.3 is 15.4 Å². The van der Waals surface area contributed by atoms with E-state index in [9.17, 15) is 9.59 Å². The van der Waals surface area contributed by atoms with Crippen LogP contribution in [0.15, 0.2) is 53.0 Å². The average molecular weight is 405 g/mol. The fourth-order valence-electron chi connectivity index (χ4n) is 2.45. The third-order valence-electron chi connectivity index (χ3n) is 3.83. The summed E-state index contributed by atoms with van der Waals surface area (Å²) < 4.78 is 5.90. The van der Waals surface area contributed by atoms with Gasteiger partial charge in [-0.25, -0.2) is 0 Å². The van der Waals surface area contributed by atoms with Crippen LogP contribution in [0.3, 0.4) is 0 Å². The standard InChI is InChI=1S/C19H21BrN2O3/c1-25-17-8-7-15(13-16(17)20)19(24)22(12-10-18(21)23)11-9-14-5-3-2-4-6-14/h2-8,13H,9-12H2,1H3,(H2,21,23). The van der Waals surface area contributed by atoms with Gasteiger partial charge >= 0.3 is 0 Å². The number of amides is 2. The number of nitrogens with zero attached hydrogens (tertiary/aromatic N) is 1. The molecular formula is C19H21BrN2O3. The van der Waals surface area contributed by atoms with Crippen LogP contribution >= 0.6 is 15.9 Å². The molecule has 0 radical (unpaired) electrons. The maximum Gasteiger partial charge on any atom is 0.253 e. The normalized spacial score (nSPS) is 10.3. The monoisotopic (exact) mass is 404 g/mol. The Labute approximate surface area is 155 Å². The first-order chi connectivity index (χ1) is 12.0. The topological polar surface area (TPSA) is 72.6 Å². The molecule has 0 heterocycles. The van der Waals surface area contributed by atoms with Crippen molar-refractivity contribution in [3.8, 4) is 5.75 Å². The van der Waals surface area contributed by atoms with E-state index < -0.39 is 5.91 Å². The zero-order chi connectivity index (χ0) is 18.2. The van der Waals surface area contributed by atoms with Gasteiger partial charge in [-0.2, -0.15) is 0 Å². The van der Waals surface area contributed by atoms with E-state index in [0.29, 0.717) is 35.3 Å². The molecule has 6 heteroatoms. The molecule has 0 saturated carbocycles. The van der Waals surface area contributed by atoms with Crippen LogP contribution in [-0.2, 0) is 11.2 Å². The van der Waals surface area contributed by atoms with Crippen molar-refractivity contribution in [3.05, 3.63) is 64.1 Å². The summed E-state index contributed by atoms with van der Waals surface area (Å²) in [5, 5.41) is 0. The maximum atomic E-state index is 12.8. The highest BCUT2D eigenvalue weighted by atomic mass is 79.9. The van der Waals surface area contributed by atoms with Crippen LogP contribution in [0.2, 0.25) is 0 Å². The van der Waals surface area contributed by atoms with E-state index in [2.05, 4.69) is 15.9 Å². The molecular weight excluding hydrogens is 384 g/mol. The van der Waals surface area contributed by atoms with Gasteiger partial charge in [0.1, 0.15) is 5.75 Å². The fraction of sp³-hybridized carbons (Fsp3) is 0.263. The molecule has 2 aromatic carbocycles. The van der Waals surface area contributed by atoms with Crippen LogP contribution in [0.1, 0.15) is 22.3 Å². The lowest BCUT2D eigenvalue weighted by molar-refractivity contribution is -0.118. The lowest BCUT2D eigenvalue weighted by Gasteiger charge is -2.22. The zero-order valence-corrected chi connectivity index (χ0v) is 15.7. The Balaban J connectivity index is 2.14. The molecule has 0 fully saturated rings. The van der Waals surface area contributed by atoms with E-state index in [1.165, 1.54) is 0 Å². The number of primary amides is 1. The zero-order valence-electron chi connectivity index (χ0n) is 14.1. The van der Waals surface area contributed by atoms with E-state index in [4.69, 9.17) is 10.5 Å². The predicted molar refractivity (Wildman–Crippen MR) is 101 cm³/mol. The molecule has 0 aliphatic heterocycles. The molecule has 0 aliphatic carbocycles. The van der Waals surface area contributed by atoms with Crippen molar-refractivity contribution in [2.75, 3.05) is 20.2 Å². The number of halogens is 1. The summed E-state index contributed by atoms with van der Waals surface area (Å²) in [7, 11) is 1.57. The molecule has 2 rings (SSSR count). The lowest BCUT2D eigenvalue weighted by atomic mass is 10.1. The highest BCUT2D eigenvalue weighted by Gasteiger charge is 2.17. The molecule has 2 amide bonds. The third-order valence-corrected chi connectivity index (χ3v) is 4.45. The second-order valence-corrected chi connectivity index (χ2v) is 6.45. The van der Waals surface area contributed by atoms with Gasteiger partial charge in [0, 0.05) is 25.1 Å². The number of methoxy groups -OCH3 is 1. The van der Waals surface area contributed by atoms with Gasteiger partial charge in [0.2, 0.25) is 5.91 Å². The average Bonchev–Trinajstić information content (AvgIpc) is 2.62. The summed E-state index contributed by atoms with van der Waals surface area (Å²) in [5.41, 5.74) is 6.92. The number of nitrogens with two attached hydrogens (primary N) is 1. The number of benzene rings is 2. The van der Waals surface area contributed by atoms with E-state index in [1.807, 2.05) is 30.3 Å². The Kier molecular flexibility index (Phi) is 7.01. The first-order valence-corrected chi connectivity index (χ1v) is 8.75. The van der Waals surface area contributed by atoms with Crippen molar-refractivity contribution in [2.45, 2.75) is 12.8 Å². The minimum Gasteiger partial charge on any atom is -0.496 e.